The predicted molar refractivity (Wildman–Crippen MR) is 87.6 cm³/mol. The number of unbranched alkanes of at least 4 members (excludes halogenated alkanes) is 4. The van der Waals surface area contributed by atoms with Crippen LogP contribution in [0.15, 0.2) is 24.3 Å². The summed E-state index contributed by atoms with van der Waals surface area (Å²) in [5.74, 6) is -1.37. The smallest absolute Gasteiger partial charge is 0.422 e. The molecule has 1 aromatic carbocycles. The summed E-state index contributed by atoms with van der Waals surface area (Å²) in [4.78, 5) is 23.4. The van der Waals surface area contributed by atoms with E-state index >= 15 is 0 Å². The van der Waals surface area contributed by atoms with Crippen LogP contribution in [0.3, 0.4) is 0 Å². The molecule has 0 bridgehead atoms. The molecule has 0 heterocycles. The lowest BCUT2D eigenvalue weighted by molar-refractivity contribution is -0.162. The Balaban J connectivity index is 2.42. The van der Waals surface area contributed by atoms with E-state index in [0.717, 1.165) is 25.7 Å². The maximum Gasteiger partial charge on any atom is 0.422 e. The molecular formula is C18H26O5. The summed E-state index contributed by atoms with van der Waals surface area (Å²) in [6.45, 7) is 6.11. The molecule has 0 N–H and O–H groups in total. The van der Waals surface area contributed by atoms with Crippen molar-refractivity contribution in [2.24, 2.45) is 0 Å². The quantitative estimate of drug-likeness (QED) is 0.299. The van der Waals surface area contributed by atoms with Gasteiger partial charge in [0.1, 0.15) is 0 Å². The van der Waals surface area contributed by atoms with Gasteiger partial charge in [0.15, 0.2) is 11.5 Å². The molecule has 0 saturated heterocycles. The van der Waals surface area contributed by atoms with E-state index < -0.39 is 11.9 Å². The highest BCUT2D eigenvalue weighted by molar-refractivity contribution is 6.30. The van der Waals surface area contributed by atoms with Gasteiger partial charge in [-0.25, -0.2) is 9.59 Å². The third-order valence-corrected chi connectivity index (χ3v) is 3.06. The first-order valence-electron chi connectivity index (χ1n) is 8.19. The van der Waals surface area contributed by atoms with Gasteiger partial charge in [0, 0.05) is 0 Å². The van der Waals surface area contributed by atoms with Gasteiger partial charge >= 0.3 is 11.9 Å². The van der Waals surface area contributed by atoms with Crippen molar-refractivity contribution in [1.82, 2.24) is 0 Å². The van der Waals surface area contributed by atoms with Crippen LogP contribution in [0.5, 0.6) is 11.5 Å². The minimum atomic E-state index is -1.03. The molecule has 1 aromatic rings. The van der Waals surface area contributed by atoms with Gasteiger partial charge in [0.25, 0.3) is 0 Å². The minimum Gasteiger partial charge on any atom is -0.487 e. The first-order chi connectivity index (χ1) is 11.0. The van der Waals surface area contributed by atoms with Crippen molar-refractivity contribution < 1.29 is 23.8 Å². The van der Waals surface area contributed by atoms with E-state index in [1.54, 1.807) is 24.3 Å². The van der Waals surface area contributed by atoms with Gasteiger partial charge in [-0.1, -0.05) is 44.7 Å². The molecule has 5 heteroatoms. The third-order valence-electron chi connectivity index (χ3n) is 3.06. The number of hydrogen-bond acceptors (Lipinski definition) is 5. The monoisotopic (exact) mass is 322 g/mol. The third kappa shape index (κ3) is 7.68. The summed E-state index contributed by atoms with van der Waals surface area (Å²) >= 11 is 0. The number of esters is 2. The lowest BCUT2D eigenvalue weighted by Crippen LogP contribution is -2.23. The molecule has 0 radical (unpaired) electrons. The molecule has 0 aromatic heterocycles. The second kappa shape index (κ2) is 10.6. The molecule has 0 aliphatic carbocycles. The minimum absolute atomic E-state index is 0.0649. The van der Waals surface area contributed by atoms with E-state index in [9.17, 15) is 9.59 Å². The Labute approximate surface area is 137 Å². The summed E-state index contributed by atoms with van der Waals surface area (Å²) in [5.41, 5.74) is 0. The number of benzene rings is 1. The number of rotatable bonds is 9. The van der Waals surface area contributed by atoms with Crippen LogP contribution in [0.25, 0.3) is 0 Å². The summed E-state index contributed by atoms with van der Waals surface area (Å²) in [6, 6.07) is 6.73. The second-order valence-electron chi connectivity index (χ2n) is 5.55. The van der Waals surface area contributed by atoms with Crippen LogP contribution in [-0.4, -0.2) is 24.6 Å². The Hall–Kier alpha value is -2.04. The molecule has 1 rings (SSSR count). The van der Waals surface area contributed by atoms with Crippen molar-refractivity contribution >= 4 is 11.9 Å². The zero-order valence-electron chi connectivity index (χ0n) is 14.2. The number of ether oxygens (including phenoxy) is 3. The van der Waals surface area contributed by atoms with Crippen LogP contribution in [0.4, 0.5) is 0 Å². The van der Waals surface area contributed by atoms with Gasteiger partial charge in [0.2, 0.25) is 0 Å². The predicted octanol–water partition coefficient (Wildman–Crippen LogP) is 3.89. The highest BCUT2D eigenvalue weighted by Gasteiger charge is 2.20. The maximum atomic E-state index is 11.8. The van der Waals surface area contributed by atoms with Crippen molar-refractivity contribution in [2.75, 3.05) is 6.61 Å². The van der Waals surface area contributed by atoms with Gasteiger partial charge in [0.05, 0.1) is 12.7 Å². The summed E-state index contributed by atoms with van der Waals surface area (Å²) in [7, 11) is 0. The summed E-state index contributed by atoms with van der Waals surface area (Å²) in [5, 5.41) is 0. The van der Waals surface area contributed by atoms with Gasteiger partial charge in [-0.05, 0) is 32.4 Å². The average molecular weight is 322 g/mol. The number of hydrogen-bond donors (Lipinski definition) is 0. The Morgan fingerprint density at radius 3 is 2.26 bits per heavy atom. The van der Waals surface area contributed by atoms with E-state index in [2.05, 4.69) is 6.92 Å². The van der Waals surface area contributed by atoms with Crippen molar-refractivity contribution in [1.29, 1.82) is 0 Å². The Kier molecular flexibility index (Phi) is 8.80. The van der Waals surface area contributed by atoms with E-state index in [1.807, 2.05) is 13.8 Å². The molecule has 23 heavy (non-hydrogen) atoms. The molecule has 0 saturated carbocycles. The summed E-state index contributed by atoms with van der Waals surface area (Å²) < 4.78 is 15.5. The topological polar surface area (TPSA) is 61.8 Å². The van der Waals surface area contributed by atoms with Crippen LogP contribution in [0, 0.1) is 0 Å². The molecular weight excluding hydrogens is 296 g/mol. The van der Waals surface area contributed by atoms with Crippen molar-refractivity contribution in [3.63, 3.8) is 0 Å². The second-order valence-corrected chi connectivity index (χ2v) is 5.55. The lowest BCUT2D eigenvalue weighted by Gasteiger charge is -2.13. The fraction of sp³-hybridized carbons (Fsp3) is 0.556. The molecule has 0 unspecified atom stereocenters. The summed E-state index contributed by atoms with van der Waals surface area (Å²) in [6.07, 6.45) is 5.11. The average Bonchev–Trinajstić information content (AvgIpc) is 2.51. The molecule has 0 fully saturated rings. The maximum absolute atomic E-state index is 11.8. The van der Waals surface area contributed by atoms with Crippen LogP contribution in [0.2, 0.25) is 0 Å². The van der Waals surface area contributed by atoms with E-state index in [4.69, 9.17) is 14.2 Å². The Morgan fingerprint density at radius 2 is 1.61 bits per heavy atom. The molecule has 0 atom stereocenters. The SMILES string of the molecule is CCCCCCCOC(=O)C(=O)Oc1ccccc1OC(C)C. The van der Waals surface area contributed by atoms with Crippen LogP contribution in [-0.2, 0) is 14.3 Å². The van der Waals surface area contributed by atoms with E-state index in [-0.39, 0.29) is 18.5 Å². The number of para-hydroxylation sites is 2. The van der Waals surface area contributed by atoms with E-state index in [1.165, 1.54) is 6.42 Å². The standard InChI is InChI=1S/C18H26O5/c1-4-5-6-7-10-13-21-17(19)18(20)23-16-12-9-8-11-15(16)22-14(2)3/h8-9,11-12,14H,4-7,10,13H2,1-3H3. The van der Waals surface area contributed by atoms with Crippen molar-refractivity contribution in [3.05, 3.63) is 24.3 Å². The van der Waals surface area contributed by atoms with Crippen LogP contribution < -0.4 is 9.47 Å². The normalized spacial score (nSPS) is 10.4. The van der Waals surface area contributed by atoms with Crippen LogP contribution >= 0.6 is 0 Å². The molecule has 0 spiro atoms. The highest BCUT2D eigenvalue weighted by atomic mass is 16.6. The zero-order valence-corrected chi connectivity index (χ0v) is 14.2. The first-order valence-corrected chi connectivity index (χ1v) is 8.19. The molecule has 5 nitrogen and oxygen atoms in total. The van der Waals surface area contributed by atoms with Gasteiger partial charge in [-0.3, -0.25) is 0 Å². The fourth-order valence-electron chi connectivity index (χ4n) is 1.96. The fourth-order valence-corrected chi connectivity index (χ4v) is 1.96. The van der Waals surface area contributed by atoms with Gasteiger partial charge in [-0.2, -0.15) is 0 Å². The largest absolute Gasteiger partial charge is 0.487 e. The van der Waals surface area contributed by atoms with Crippen molar-refractivity contribution in [3.8, 4) is 11.5 Å². The molecule has 0 amide bonds. The number of carbonyl (C=O) groups excluding carboxylic acids is 2. The van der Waals surface area contributed by atoms with Gasteiger partial charge < -0.3 is 14.2 Å². The van der Waals surface area contributed by atoms with Crippen LogP contribution in [0.1, 0.15) is 52.9 Å². The molecule has 0 aliphatic rings. The highest BCUT2D eigenvalue weighted by Crippen LogP contribution is 2.27. The molecule has 128 valence electrons. The molecule has 0 aliphatic heterocycles. The number of carbonyl (C=O) groups is 2. The van der Waals surface area contributed by atoms with Crippen molar-refractivity contribution in [2.45, 2.75) is 59.0 Å². The first kappa shape index (κ1) is 19.0. The zero-order chi connectivity index (χ0) is 17.1. The Bertz CT molecular complexity index is 496. The van der Waals surface area contributed by atoms with E-state index in [0.29, 0.717) is 5.75 Å². The lowest BCUT2D eigenvalue weighted by atomic mass is 10.2. The Morgan fingerprint density at radius 1 is 0.957 bits per heavy atom. The van der Waals surface area contributed by atoms with Gasteiger partial charge in [-0.15, -0.1) is 0 Å².